The first-order valence-electron chi connectivity index (χ1n) is 10.6. The molecule has 200 valence electrons. The van der Waals surface area contributed by atoms with Crippen LogP contribution in [0.25, 0.3) is 0 Å². The number of hydrogen-bond acceptors (Lipinski definition) is 11. The second-order valence-corrected chi connectivity index (χ2v) is 7.19. The van der Waals surface area contributed by atoms with Crippen molar-refractivity contribution >= 4 is 11.7 Å². The van der Waals surface area contributed by atoms with Crippen molar-refractivity contribution in [3.05, 3.63) is 75.3 Å². The lowest BCUT2D eigenvalue weighted by molar-refractivity contribution is -0.422. The minimum Gasteiger partial charge on any atom is -0.497 e. The van der Waals surface area contributed by atoms with Crippen LogP contribution in [0.2, 0.25) is 0 Å². The molecule has 2 aromatic rings. The summed E-state index contributed by atoms with van der Waals surface area (Å²) in [5, 5.41) is 22.0. The van der Waals surface area contributed by atoms with Gasteiger partial charge in [0.05, 0.1) is 42.9 Å². The zero-order chi connectivity index (χ0) is 28.0. The largest absolute Gasteiger partial charge is 0.497 e. The van der Waals surface area contributed by atoms with E-state index in [1.54, 1.807) is 0 Å². The van der Waals surface area contributed by atoms with Crippen molar-refractivity contribution in [3.8, 4) is 23.3 Å². The molecule has 3 rings (SSSR count). The third-order valence-electron chi connectivity index (χ3n) is 4.80. The lowest BCUT2D eigenvalue weighted by Crippen LogP contribution is -2.46. The maximum absolute atomic E-state index is 12.9. The predicted octanol–water partition coefficient (Wildman–Crippen LogP) is 3.65. The molecule has 1 atom stereocenters. The van der Waals surface area contributed by atoms with Gasteiger partial charge in [-0.2, -0.15) is 23.5 Å². The number of ether oxygens (including phenoxy) is 4. The first-order valence-corrected chi connectivity index (χ1v) is 10.6. The first-order chi connectivity index (χ1) is 18.0. The van der Waals surface area contributed by atoms with Crippen LogP contribution in [0, 0.1) is 21.4 Å². The van der Waals surface area contributed by atoms with E-state index in [1.807, 2.05) is 6.07 Å². The van der Waals surface area contributed by atoms with Gasteiger partial charge in [0.2, 0.25) is 5.71 Å². The molecule has 38 heavy (non-hydrogen) atoms. The molecule has 0 aromatic heterocycles. The Bertz CT molecular complexity index is 1320. The maximum Gasteiger partial charge on any atom is 0.416 e. The number of aliphatic imine (C=N–C) groups is 1. The van der Waals surface area contributed by atoms with Crippen LogP contribution in [0.3, 0.4) is 0 Å². The number of benzene rings is 2. The standard InChI is InChI=1S/C23H19F3N4O8/c1-4-36-21(31)18-19(30(32)33)20(37-17-10-13(12-27)9-16(11-17)34-2)29(35-3)22(28-18)38-15-7-5-14(6-8-15)23(24,25)26/h5-11,22H,4H2,1-3H3. The summed E-state index contributed by atoms with van der Waals surface area (Å²) in [4.78, 5) is 32.8. The fourth-order valence-electron chi connectivity index (χ4n) is 3.15. The van der Waals surface area contributed by atoms with Crippen molar-refractivity contribution < 1.29 is 46.7 Å². The summed E-state index contributed by atoms with van der Waals surface area (Å²) in [6, 6.07) is 9.29. The van der Waals surface area contributed by atoms with E-state index in [-0.39, 0.29) is 29.4 Å². The van der Waals surface area contributed by atoms with Gasteiger partial charge in [-0.1, -0.05) is 0 Å². The Labute approximate surface area is 213 Å². The smallest absolute Gasteiger partial charge is 0.416 e. The molecule has 15 heteroatoms. The second-order valence-electron chi connectivity index (χ2n) is 7.19. The number of hydrogen-bond donors (Lipinski definition) is 0. The van der Waals surface area contributed by atoms with E-state index in [2.05, 4.69) is 4.99 Å². The number of carbonyl (C=O) groups is 1. The van der Waals surface area contributed by atoms with Crippen LogP contribution in [0.1, 0.15) is 18.1 Å². The van der Waals surface area contributed by atoms with E-state index in [1.165, 1.54) is 32.2 Å². The Balaban J connectivity index is 2.12. The number of nitro groups is 1. The summed E-state index contributed by atoms with van der Waals surface area (Å²) >= 11 is 0. The van der Waals surface area contributed by atoms with Crippen molar-refractivity contribution in [2.75, 3.05) is 20.8 Å². The zero-order valence-electron chi connectivity index (χ0n) is 20.0. The number of nitriles is 1. The molecule has 0 amide bonds. The van der Waals surface area contributed by atoms with Gasteiger partial charge in [-0.05, 0) is 43.3 Å². The fraction of sp³-hybridized carbons (Fsp3) is 0.261. The monoisotopic (exact) mass is 536 g/mol. The van der Waals surface area contributed by atoms with Gasteiger partial charge in [-0.15, -0.1) is 0 Å². The van der Waals surface area contributed by atoms with Crippen LogP contribution in [0.15, 0.2) is 59.0 Å². The third kappa shape index (κ3) is 6.10. The molecule has 1 aliphatic heterocycles. The number of nitrogens with zero attached hydrogens (tertiary/aromatic N) is 4. The van der Waals surface area contributed by atoms with Gasteiger partial charge in [0.25, 0.3) is 6.35 Å². The molecule has 0 fully saturated rings. The van der Waals surface area contributed by atoms with Crippen LogP contribution in [-0.4, -0.2) is 48.8 Å². The van der Waals surface area contributed by atoms with E-state index in [0.717, 1.165) is 31.4 Å². The molecule has 0 radical (unpaired) electrons. The summed E-state index contributed by atoms with van der Waals surface area (Å²) in [7, 11) is 2.41. The molecule has 0 N–H and O–H groups in total. The second kappa shape index (κ2) is 11.5. The highest BCUT2D eigenvalue weighted by molar-refractivity contribution is 6.42. The maximum atomic E-state index is 12.9. The Kier molecular flexibility index (Phi) is 8.38. The molecule has 2 aromatic carbocycles. The summed E-state index contributed by atoms with van der Waals surface area (Å²) in [5.41, 5.74) is -2.63. The van der Waals surface area contributed by atoms with Crippen LogP contribution in [0.5, 0.6) is 17.2 Å². The highest BCUT2D eigenvalue weighted by atomic mass is 19.4. The number of alkyl halides is 3. The van der Waals surface area contributed by atoms with Gasteiger partial charge in [0, 0.05) is 6.07 Å². The van der Waals surface area contributed by atoms with Gasteiger partial charge < -0.3 is 18.9 Å². The number of halogens is 3. The minimum atomic E-state index is -4.60. The Morgan fingerprint density at radius 2 is 1.82 bits per heavy atom. The van der Waals surface area contributed by atoms with Gasteiger partial charge in [0.1, 0.15) is 17.2 Å². The van der Waals surface area contributed by atoms with E-state index in [4.69, 9.17) is 23.8 Å². The minimum absolute atomic E-state index is 0.0826. The molecule has 0 saturated carbocycles. The van der Waals surface area contributed by atoms with E-state index >= 15 is 0 Å². The lowest BCUT2D eigenvalue weighted by atomic mass is 10.2. The molecule has 0 aliphatic carbocycles. The lowest BCUT2D eigenvalue weighted by Gasteiger charge is -2.31. The molecule has 1 aliphatic rings. The molecular formula is C23H19F3N4O8. The quantitative estimate of drug-likeness (QED) is 0.264. The van der Waals surface area contributed by atoms with Gasteiger partial charge in [0.15, 0.2) is 0 Å². The molecule has 0 bridgehead atoms. The number of carbonyl (C=O) groups excluding carboxylic acids is 1. The van der Waals surface area contributed by atoms with E-state index in [9.17, 15) is 33.3 Å². The number of hydroxylamine groups is 2. The first kappa shape index (κ1) is 27.7. The summed E-state index contributed by atoms with van der Waals surface area (Å²) in [5.74, 6) is -1.96. The van der Waals surface area contributed by atoms with Crippen LogP contribution >= 0.6 is 0 Å². The Hall–Kier alpha value is -4.84. The number of rotatable bonds is 9. The number of esters is 1. The average molecular weight is 536 g/mol. The van der Waals surface area contributed by atoms with Crippen LogP contribution in [-0.2, 0) is 20.5 Å². The van der Waals surface area contributed by atoms with Crippen molar-refractivity contribution in [2.24, 2.45) is 4.99 Å². The summed E-state index contributed by atoms with van der Waals surface area (Å²) in [6.45, 7) is 1.31. The molecule has 0 saturated heterocycles. The molecule has 12 nitrogen and oxygen atoms in total. The van der Waals surface area contributed by atoms with E-state index < -0.39 is 46.3 Å². The molecule has 1 unspecified atom stereocenters. The highest BCUT2D eigenvalue weighted by Crippen LogP contribution is 2.33. The molecular weight excluding hydrogens is 517 g/mol. The molecule has 0 spiro atoms. The summed E-state index contributed by atoms with van der Waals surface area (Å²) in [6.07, 6.45) is -6.28. The van der Waals surface area contributed by atoms with Crippen molar-refractivity contribution in [1.82, 2.24) is 5.06 Å². The third-order valence-corrected chi connectivity index (χ3v) is 4.80. The van der Waals surface area contributed by atoms with Gasteiger partial charge in [-0.3, -0.25) is 15.0 Å². The Morgan fingerprint density at radius 1 is 1.16 bits per heavy atom. The topological polar surface area (TPSA) is 146 Å². The highest BCUT2D eigenvalue weighted by Gasteiger charge is 2.45. The Morgan fingerprint density at radius 3 is 2.34 bits per heavy atom. The SMILES string of the molecule is CCOC(=O)C1=NC(Oc2ccc(C(F)(F)F)cc2)N(OC)C(Oc2cc(C#N)cc(OC)c2)=C1[N+](=O)[O-]. The van der Waals surface area contributed by atoms with Crippen molar-refractivity contribution in [3.63, 3.8) is 0 Å². The summed E-state index contributed by atoms with van der Waals surface area (Å²) < 4.78 is 60.1. The predicted molar refractivity (Wildman–Crippen MR) is 121 cm³/mol. The average Bonchev–Trinajstić information content (AvgIpc) is 2.87. The van der Waals surface area contributed by atoms with E-state index in [0.29, 0.717) is 5.06 Å². The van der Waals surface area contributed by atoms with Crippen LogP contribution < -0.4 is 14.2 Å². The van der Waals surface area contributed by atoms with Crippen molar-refractivity contribution in [2.45, 2.75) is 19.5 Å². The van der Waals surface area contributed by atoms with Gasteiger partial charge in [-0.25, -0.2) is 9.79 Å². The number of methoxy groups -OCH3 is 1. The zero-order valence-corrected chi connectivity index (χ0v) is 20.0. The van der Waals surface area contributed by atoms with Crippen molar-refractivity contribution in [1.29, 1.82) is 5.26 Å². The van der Waals surface area contributed by atoms with Gasteiger partial charge >= 0.3 is 23.7 Å². The molecule has 1 heterocycles. The van der Waals surface area contributed by atoms with Crippen LogP contribution in [0.4, 0.5) is 13.2 Å². The fourth-order valence-corrected chi connectivity index (χ4v) is 3.15. The normalized spacial score (nSPS) is 15.3.